The molecule has 0 aliphatic carbocycles. The number of anilines is 2. The molecule has 5 heteroatoms. The van der Waals surface area contributed by atoms with Gasteiger partial charge >= 0.3 is 0 Å². The second kappa shape index (κ2) is 5.45. The minimum Gasteiger partial charge on any atom is -0.397 e. The van der Waals surface area contributed by atoms with Gasteiger partial charge in [-0.1, -0.05) is 0 Å². The van der Waals surface area contributed by atoms with Crippen molar-refractivity contribution in [2.45, 2.75) is 18.9 Å². The summed E-state index contributed by atoms with van der Waals surface area (Å²) in [4.78, 5) is 4.42. The zero-order valence-corrected chi connectivity index (χ0v) is 12.4. The van der Waals surface area contributed by atoms with Crippen molar-refractivity contribution in [1.29, 1.82) is 0 Å². The van der Waals surface area contributed by atoms with Crippen LogP contribution < -0.4 is 10.6 Å². The van der Waals surface area contributed by atoms with Crippen LogP contribution in [0.2, 0.25) is 0 Å². The van der Waals surface area contributed by atoms with Crippen molar-refractivity contribution >= 4 is 27.3 Å². The largest absolute Gasteiger partial charge is 0.397 e. The number of halogens is 2. The smallest absolute Gasteiger partial charge is 0.139 e. The van der Waals surface area contributed by atoms with Crippen LogP contribution in [0.1, 0.15) is 12.8 Å². The highest BCUT2D eigenvalue weighted by molar-refractivity contribution is 9.10. The molecule has 1 aliphatic heterocycles. The average molecular weight is 316 g/mol. The number of hydrogen-bond acceptors (Lipinski definition) is 3. The van der Waals surface area contributed by atoms with Crippen molar-refractivity contribution in [3.8, 4) is 0 Å². The molecular formula is C13H19BrFN3. The molecule has 0 atom stereocenters. The topological polar surface area (TPSA) is 32.5 Å². The lowest BCUT2D eigenvalue weighted by Gasteiger charge is -2.37. The standard InChI is InChI=1S/C13H19BrFN3/c1-17(2)9-3-5-18(6-4-9)13-8-11(15)10(14)7-12(13)16/h7-9H,3-6,16H2,1-2H3. The molecular weight excluding hydrogens is 297 g/mol. The van der Waals surface area contributed by atoms with Crippen LogP contribution in [0.25, 0.3) is 0 Å². The van der Waals surface area contributed by atoms with Gasteiger partial charge in [0.2, 0.25) is 0 Å². The van der Waals surface area contributed by atoms with Crippen LogP contribution in [0, 0.1) is 5.82 Å². The van der Waals surface area contributed by atoms with Crippen LogP contribution in [0.4, 0.5) is 15.8 Å². The van der Waals surface area contributed by atoms with Crippen LogP contribution in [-0.4, -0.2) is 38.1 Å². The second-order valence-electron chi connectivity index (χ2n) is 5.01. The van der Waals surface area contributed by atoms with E-state index in [9.17, 15) is 4.39 Å². The number of piperidine rings is 1. The van der Waals surface area contributed by atoms with Crippen LogP contribution >= 0.6 is 15.9 Å². The van der Waals surface area contributed by atoms with Crippen molar-refractivity contribution in [3.05, 3.63) is 22.4 Å². The Kier molecular flexibility index (Phi) is 4.12. The maximum absolute atomic E-state index is 13.6. The van der Waals surface area contributed by atoms with Gasteiger partial charge in [0, 0.05) is 25.2 Å². The minimum atomic E-state index is -0.256. The molecule has 2 rings (SSSR count). The third kappa shape index (κ3) is 2.78. The van der Waals surface area contributed by atoms with Crippen molar-refractivity contribution in [2.24, 2.45) is 0 Å². The molecule has 1 fully saturated rings. The first-order valence-electron chi connectivity index (χ1n) is 6.15. The Morgan fingerprint density at radius 3 is 2.50 bits per heavy atom. The monoisotopic (exact) mass is 315 g/mol. The number of nitrogen functional groups attached to an aromatic ring is 1. The van der Waals surface area contributed by atoms with Crippen LogP contribution in [0.5, 0.6) is 0 Å². The Morgan fingerprint density at radius 2 is 1.94 bits per heavy atom. The SMILES string of the molecule is CN(C)C1CCN(c2cc(F)c(Br)cc2N)CC1. The number of rotatable bonds is 2. The summed E-state index contributed by atoms with van der Waals surface area (Å²) in [5.74, 6) is -0.256. The van der Waals surface area contributed by atoms with Gasteiger partial charge in [-0.15, -0.1) is 0 Å². The molecule has 1 aromatic carbocycles. The molecule has 100 valence electrons. The summed E-state index contributed by atoms with van der Waals surface area (Å²) in [6.45, 7) is 1.85. The van der Waals surface area contributed by atoms with Gasteiger partial charge in [-0.2, -0.15) is 0 Å². The van der Waals surface area contributed by atoms with Gasteiger partial charge in [0.05, 0.1) is 15.8 Å². The lowest BCUT2D eigenvalue weighted by molar-refractivity contribution is 0.249. The normalized spacial score (nSPS) is 17.5. The van der Waals surface area contributed by atoms with E-state index in [0.717, 1.165) is 31.6 Å². The van der Waals surface area contributed by atoms with E-state index in [2.05, 4.69) is 39.8 Å². The number of nitrogens with two attached hydrogens (primary N) is 1. The van der Waals surface area contributed by atoms with Crippen molar-refractivity contribution < 1.29 is 4.39 Å². The molecule has 1 aromatic rings. The summed E-state index contributed by atoms with van der Waals surface area (Å²) in [5, 5.41) is 0. The predicted octanol–water partition coefficient (Wildman–Crippen LogP) is 2.70. The second-order valence-corrected chi connectivity index (χ2v) is 5.86. The molecule has 1 heterocycles. The van der Waals surface area contributed by atoms with E-state index in [0.29, 0.717) is 16.2 Å². The molecule has 1 saturated heterocycles. The van der Waals surface area contributed by atoms with E-state index < -0.39 is 0 Å². The zero-order valence-electron chi connectivity index (χ0n) is 10.8. The van der Waals surface area contributed by atoms with Crippen molar-refractivity contribution in [3.63, 3.8) is 0 Å². The summed E-state index contributed by atoms with van der Waals surface area (Å²) in [5.41, 5.74) is 7.41. The number of hydrogen-bond donors (Lipinski definition) is 1. The summed E-state index contributed by atoms with van der Waals surface area (Å²) >= 11 is 3.15. The quantitative estimate of drug-likeness (QED) is 0.852. The van der Waals surface area contributed by atoms with Crippen molar-refractivity contribution in [1.82, 2.24) is 4.90 Å². The van der Waals surface area contributed by atoms with Gasteiger partial charge in [0.1, 0.15) is 5.82 Å². The zero-order chi connectivity index (χ0) is 13.3. The predicted molar refractivity (Wildman–Crippen MR) is 77.4 cm³/mol. The summed E-state index contributed by atoms with van der Waals surface area (Å²) in [6.07, 6.45) is 2.17. The third-order valence-corrected chi connectivity index (χ3v) is 4.21. The Morgan fingerprint density at radius 1 is 1.33 bits per heavy atom. The third-order valence-electron chi connectivity index (χ3n) is 3.61. The molecule has 0 radical (unpaired) electrons. The Labute approximate surface area is 116 Å². The van der Waals surface area contributed by atoms with Gasteiger partial charge in [0.25, 0.3) is 0 Å². The van der Waals surface area contributed by atoms with Gasteiger partial charge in [-0.05, 0) is 48.9 Å². The molecule has 2 N–H and O–H groups in total. The van der Waals surface area contributed by atoms with Crippen LogP contribution in [0.3, 0.4) is 0 Å². The van der Waals surface area contributed by atoms with Crippen LogP contribution in [-0.2, 0) is 0 Å². The summed E-state index contributed by atoms with van der Waals surface area (Å²) in [6, 6.07) is 3.78. The summed E-state index contributed by atoms with van der Waals surface area (Å²) < 4.78 is 14.0. The lowest BCUT2D eigenvalue weighted by atomic mass is 10.0. The van der Waals surface area contributed by atoms with Gasteiger partial charge < -0.3 is 15.5 Å². The molecule has 0 spiro atoms. The molecule has 0 saturated carbocycles. The molecule has 1 aliphatic rings. The fraction of sp³-hybridized carbons (Fsp3) is 0.538. The highest BCUT2D eigenvalue weighted by Crippen LogP contribution is 2.31. The minimum absolute atomic E-state index is 0.256. The highest BCUT2D eigenvalue weighted by Gasteiger charge is 2.22. The average Bonchev–Trinajstić information content (AvgIpc) is 2.34. The Bertz CT molecular complexity index is 428. The van der Waals surface area contributed by atoms with Gasteiger partial charge in [0.15, 0.2) is 0 Å². The fourth-order valence-electron chi connectivity index (χ4n) is 2.45. The maximum Gasteiger partial charge on any atom is 0.139 e. The molecule has 0 unspecified atom stereocenters. The highest BCUT2D eigenvalue weighted by atomic mass is 79.9. The first kappa shape index (κ1) is 13.6. The molecule has 3 nitrogen and oxygen atoms in total. The maximum atomic E-state index is 13.6. The van der Waals surface area contributed by atoms with Crippen molar-refractivity contribution in [2.75, 3.05) is 37.8 Å². The first-order chi connectivity index (χ1) is 8.49. The molecule has 0 bridgehead atoms. The van der Waals surface area contributed by atoms with E-state index in [-0.39, 0.29) is 5.82 Å². The number of nitrogens with zero attached hydrogens (tertiary/aromatic N) is 2. The van der Waals surface area contributed by atoms with Crippen LogP contribution in [0.15, 0.2) is 16.6 Å². The van der Waals surface area contributed by atoms with E-state index >= 15 is 0 Å². The first-order valence-corrected chi connectivity index (χ1v) is 6.94. The molecule has 18 heavy (non-hydrogen) atoms. The van der Waals surface area contributed by atoms with E-state index in [1.165, 1.54) is 6.07 Å². The number of benzene rings is 1. The van der Waals surface area contributed by atoms with Gasteiger partial charge in [-0.25, -0.2) is 4.39 Å². The van der Waals surface area contributed by atoms with E-state index in [1.807, 2.05) is 0 Å². The van der Waals surface area contributed by atoms with E-state index in [4.69, 9.17) is 5.73 Å². The molecule has 0 amide bonds. The molecule has 0 aromatic heterocycles. The Balaban J connectivity index is 2.12. The fourth-order valence-corrected chi connectivity index (χ4v) is 2.81. The lowest BCUT2D eigenvalue weighted by Crippen LogP contribution is -2.42. The van der Waals surface area contributed by atoms with E-state index in [1.54, 1.807) is 6.07 Å². The summed E-state index contributed by atoms with van der Waals surface area (Å²) in [7, 11) is 4.21. The van der Waals surface area contributed by atoms with Gasteiger partial charge in [-0.3, -0.25) is 0 Å². The Hall–Kier alpha value is -0.810.